The number of nitrogens with one attached hydrogen (secondary N) is 1. The smallest absolute Gasteiger partial charge is 0.244 e. The summed E-state index contributed by atoms with van der Waals surface area (Å²) in [5.41, 5.74) is 2.57. The standard InChI is InChI=1S/C19H16BrFN2O2/c1-2-12-4-3-5-15-13(11-24)9-23(19(12)15)10-18(25)22-17-7-6-14(20)8-16(17)21/h3-9,11H,2,10H2,1H3,(H,22,25). The van der Waals surface area contributed by atoms with Crippen molar-refractivity contribution in [2.75, 3.05) is 5.32 Å². The van der Waals surface area contributed by atoms with Crippen molar-refractivity contribution in [2.24, 2.45) is 0 Å². The van der Waals surface area contributed by atoms with Crippen molar-refractivity contribution < 1.29 is 14.0 Å². The van der Waals surface area contributed by atoms with Gasteiger partial charge in [0.15, 0.2) is 6.29 Å². The maximum absolute atomic E-state index is 13.9. The van der Waals surface area contributed by atoms with Gasteiger partial charge < -0.3 is 9.88 Å². The van der Waals surface area contributed by atoms with Crippen molar-refractivity contribution in [3.63, 3.8) is 0 Å². The third-order valence-electron chi connectivity index (χ3n) is 4.04. The highest BCUT2D eigenvalue weighted by molar-refractivity contribution is 9.10. The molecule has 6 heteroatoms. The molecule has 0 aliphatic heterocycles. The topological polar surface area (TPSA) is 51.1 Å². The van der Waals surface area contributed by atoms with Gasteiger partial charge in [0.05, 0.1) is 11.2 Å². The van der Waals surface area contributed by atoms with E-state index in [1.807, 2.05) is 25.1 Å². The van der Waals surface area contributed by atoms with E-state index in [0.29, 0.717) is 10.0 Å². The predicted octanol–water partition coefficient (Wildman–Crippen LogP) is 4.56. The van der Waals surface area contributed by atoms with Crippen molar-refractivity contribution in [2.45, 2.75) is 19.9 Å². The number of hydrogen-bond acceptors (Lipinski definition) is 2. The van der Waals surface area contributed by atoms with E-state index in [9.17, 15) is 14.0 Å². The number of carbonyl (C=O) groups excluding carboxylic acids is 2. The molecular weight excluding hydrogens is 387 g/mol. The maximum Gasteiger partial charge on any atom is 0.244 e. The number of halogens is 2. The summed E-state index contributed by atoms with van der Waals surface area (Å²) < 4.78 is 16.2. The number of amides is 1. The van der Waals surface area contributed by atoms with Gasteiger partial charge in [-0.05, 0) is 30.2 Å². The van der Waals surface area contributed by atoms with Gasteiger partial charge in [0, 0.05) is 21.6 Å². The molecule has 0 atom stereocenters. The molecule has 0 saturated carbocycles. The summed E-state index contributed by atoms with van der Waals surface area (Å²) >= 11 is 3.18. The second-order valence-corrected chi connectivity index (χ2v) is 6.59. The first-order chi connectivity index (χ1) is 12.0. The van der Waals surface area contributed by atoms with Gasteiger partial charge in [-0.3, -0.25) is 9.59 Å². The van der Waals surface area contributed by atoms with Crippen LogP contribution in [0.1, 0.15) is 22.8 Å². The van der Waals surface area contributed by atoms with Crippen LogP contribution in [0.25, 0.3) is 10.9 Å². The molecule has 3 aromatic rings. The third-order valence-corrected chi connectivity index (χ3v) is 4.53. The Morgan fingerprint density at radius 3 is 2.80 bits per heavy atom. The average molecular weight is 403 g/mol. The van der Waals surface area contributed by atoms with Crippen LogP contribution in [-0.4, -0.2) is 16.8 Å². The summed E-state index contributed by atoms with van der Waals surface area (Å²) in [6.07, 6.45) is 3.22. The van der Waals surface area contributed by atoms with Gasteiger partial charge in [-0.25, -0.2) is 4.39 Å². The number of benzene rings is 2. The zero-order valence-electron chi connectivity index (χ0n) is 13.6. The molecule has 0 aliphatic carbocycles. The Hall–Kier alpha value is -2.47. The van der Waals surface area contributed by atoms with Gasteiger partial charge in [0.25, 0.3) is 0 Å². The van der Waals surface area contributed by atoms with Gasteiger partial charge in [0.1, 0.15) is 12.4 Å². The van der Waals surface area contributed by atoms with Crippen LogP contribution in [0.15, 0.2) is 47.1 Å². The fourth-order valence-electron chi connectivity index (χ4n) is 2.90. The second kappa shape index (κ2) is 7.19. The van der Waals surface area contributed by atoms with E-state index in [1.165, 1.54) is 12.1 Å². The number of aldehydes is 1. The van der Waals surface area contributed by atoms with Crippen LogP contribution < -0.4 is 5.32 Å². The zero-order chi connectivity index (χ0) is 18.0. The lowest BCUT2D eigenvalue weighted by atomic mass is 10.1. The molecule has 0 unspecified atom stereocenters. The minimum Gasteiger partial charge on any atom is -0.337 e. The first-order valence-electron chi connectivity index (χ1n) is 7.84. The van der Waals surface area contributed by atoms with Crippen LogP contribution >= 0.6 is 15.9 Å². The predicted molar refractivity (Wildman–Crippen MR) is 99.4 cm³/mol. The van der Waals surface area contributed by atoms with Gasteiger partial charge in [-0.15, -0.1) is 0 Å². The number of para-hydroxylation sites is 1. The Kier molecular flexibility index (Phi) is 4.99. The lowest BCUT2D eigenvalue weighted by Gasteiger charge is -2.10. The molecular formula is C19H16BrFN2O2. The van der Waals surface area contributed by atoms with Crippen LogP contribution in [0.3, 0.4) is 0 Å². The summed E-state index contributed by atoms with van der Waals surface area (Å²) in [6.45, 7) is 2.01. The van der Waals surface area contributed by atoms with Crippen molar-refractivity contribution in [1.82, 2.24) is 4.57 Å². The molecule has 4 nitrogen and oxygen atoms in total. The average Bonchev–Trinajstić information content (AvgIpc) is 2.95. The second-order valence-electron chi connectivity index (χ2n) is 5.67. The molecule has 1 amide bonds. The maximum atomic E-state index is 13.9. The molecule has 0 fully saturated rings. The number of hydrogen-bond donors (Lipinski definition) is 1. The number of nitrogens with zero attached hydrogens (tertiary/aromatic N) is 1. The van der Waals surface area contributed by atoms with Crippen molar-refractivity contribution in [3.8, 4) is 0 Å². The van der Waals surface area contributed by atoms with Crippen LogP contribution in [0.4, 0.5) is 10.1 Å². The fourth-order valence-corrected chi connectivity index (χ4v) is 3.24. The van der Waals surface area contributed by atoms with E-state index in [-0.39, 0.29) is 18.1 Å². The van der Waals surface area contributed by atoms with E-state index in [2.05, 4.69) is 21.2 Å². The number of aryl methyl sites for hydroxylation is 1. The SMILES string of the molecule is CCc1cccc2c(C=O)cn(CC(=O)Nc3ccc(Br)cc3F)c12. The Balaban J connectivity index is 1.92. The Labute approximate surface area is 152 Å². The van der Waals surface area contributed by atoms with Crippen LogP contribution in [0, 0.1) is 5.82 Å². The molecule has 1 heterocycles. The van der Waals surface area contributed by atoms with Gasteiger partial charge >= 0.3 is 0 Å². The van der Waals surface area contributed by atoms with Gasteiger partial charge in [-0.2, -0.15) is 0 Å². The molecule has 128 valence electrons. The molecule has 25 heavy (non-hydrogen) atoms. The lowest BCUT2D eigenvalue weighted by molar-refractivity contribution is -0.116. The monoisotopic (exact) mass is 402 g/mol. The summed E-state index contributed by atoms with van der Waals surface area (Å²) in [4.78, 5) is 23.7. The molecule has 1 aromatic heterocycles. The highest BCUT2D eigenvalue weighted by Crippen LogP contribution is 2.25. The molecule has 0 radical (unpaired) electrons. The minimum atomic E-state index is -0.511. The number of anilines is 1. The Morgan fingerprint density at radius 1 is 1.32 bits per heavy atom. The first kappa shape index (κ1) is 17.4. The highest BCUT2D eigenvalue weighted by Gasteiger charge is 2.14. The van der Waals surface area contributed by atoms with Gasteiger partial charge in [0.2, 0.25) is 5.91 Å². The van der Waals surface area contributed by atoms with Crippen molar-refractivity contribution in [3.05, 3.63) is 64.0 Å². The van der Waals surface area contributed by atoms with Crippen molar-refractivity contribution >= 4 is 44.7 Å². The Morgan fingerprint density at radius 2 is 2.12 bits per heavy atom. The van der Waals surface area contributed by atoms with Crippen LogP contribution in [0.5, 0.6) is 0 Å². The minimum absolute atomic E-state index is 0.00312. The molecule has 0 aliphatic rings. The summed E-state index contributed by atoms with van der Waals surface area (Å²) in [6, 6.07) is 10.2. The lowest BCUT2D eigenvalue weighted by Crippen LogP contribution is -2.19. The van der Waals surface area contributed by atoms with Crippen molar-refractivity contribution in [1.29, 1.82) is 0 Å². The first-order valence-corrected chi connectivity index (χ1v) is 8.63. The molecule has 0 bridgehead atoms. The third kappa shape index (κ3) is 3.49. The molecule has 1 N–H and O–H groups in total. The number of rotatable bonds is 5. The fraction of sp³-hybridized carbons (Fsp3) is 0.158. The number of aromatic nitrogens is 1. The summed E-state index contributed by atoms with van der Waals surface area (Å²) in [7, 11) is 0. The normalized spacial score (nSPS) is 10.8. The number of fused-ring (bicyclic) bond motifs is 1. The van der Waals surface area contributed by atoms with Gasteiger partial charge in [-0.1, -0.05) is 41.1 Å². The summed E-state index contributed by atoms with van der Waals surface area (Å²) in [5, 5.41) is 3.39. The highest BCUT2D eigenvalue weighted by atomic mass is 79.9. The van der Waals surface area contributed by atoms with E-state index in [4.69, 9.17) is 0 Å². The van der Waals surface area contributed by atoms with E-state index in [0.717, 1.165) is 29.2 Å². The van der Waals surface area contributed by atoms with Crippen LogP contribution in [0.2, 0.25) is 0 Å². The van der Waals surface area contributed by atoms with Crippen LogP contribution in [-0.2, 0) is 17.8 Å². The number of carbonyl (C=O) groups is 2. The summed E-state index contributed by atoms with van der Waals surface area (Å²) in [5.74, 6) is -0.871. The van der Waals surface area contributed by atoms with E-state index in [1.54, 1.807) is 16.8 Å². The molecule has 0 saturated heterocycles. The molecule has 0 spiro atoms. The molecule has 2 aromatic carbocycles. The zero-order valence-corrected chi connectivity index (χ0v) is 15.1. The van der Waals surface area contributed by atoms with E-state index >= 15 is 0 Å². The largest absolute Gasteiger partial charge is 0.337 e. The Bertz CT molecular complexity index is 965. The quantitative estimate of drug-likeness (QED) is 0.636. The van der Waals surface area contributed by atoms with E-state index < -0.39 is 5.82 Å². The molecule has 3 rings (SSSR count).